The zero-order valence-electron chi connectivity index (χ0n) is 18.7. The van der Waals surface area contributed by atoms with Crippen LogP contribution in [0.5, 0.6) is 0 Å². The minimum Gasteiger partial charge on any atom is -0.375 e. The lowest BCUT2D eigenvalue weighted by molar-refractivity contribution is -0.161. The molecule has 2 heterocycles. The summed E-state index contributed by atoms with van der Waals surface area (Å²) < 4.78 is 13.5. The van der Waals surface area contributed by atoms with Gasteiger partial charge in [0.25, 0.3) is 5.91 Å². The van der Waals surface area contributed by atoms with Crippen LogP contribution in [0.2, 0.25) is 0 Å². The molecule has 2 aliphatic rings. The van der Waals surface area contributed by atoms with Crippen molar-refractivity contribution in [2.45, 2.75) is 44.6 Å². The van der Waals surface area contributed by atoms with Crippen molar-refractivity contribution in [3.8, 4) is 0 Å². The maximum absolute atomic E-state index is 13.5. The summed E-state index contributed by atoms with van der Waals surface area (Å²) in [5, 5.41) is 14.4. The average Bonchev–Trinajstić information content (AvgIpc) is 2.80. The van der Waals surface area contributed by atoms with Crippen molar-refractivity contribution in [3.05, 3.63) is 71.5 Å². The van der Waals surface area contributed by atoms with Gasteiger partial charge in [0.1, 0.15) is 5.82 Å². The van der Waals surface area contributed by atoms with Gasteiger partial charge in [-0.1, -0.05) is 56.3 Å². The van der Waals surface area contributed by atoms with Crippen molar-refractivity contribution in [3.63, 3.8) is 0 Å². The molecule has 2 saturated heterocycles. The third-order valence-electron chi connectivity index (χ3n) is 7.45. The molecule has 6 heteroatoms. The summed E-state index contributed by atoms with van der Waals surface area (Å²) >= 11 is 0. The van der Waals surface area contributed by atoms with E-state index in [0.29, 0.717) is 44.5 Å². The number of carbonyl (C=O) groups is 2. The Morgan fingerprint density at radius 3 is 2.34 bits per heavy atom. The van der Waals surface area contributed by atoms with E-state index < -0.39 is 5.60 Å². The quantitative estimate of drug-likeness (QED) is 0.767. The Balaban J connectivity index is 1.56. The van der Waals surface area contributed by atoms with Gasteiger partial charge in [-0.3, -0.25) is 9.59 Å². The first-order valence-corrected chi connectivity index (χ1v) is 11.4. The number of nitrogens with one attached hydrogen (secondary N) is 1. The SMILES string of the molecule is CC(C)C(O)(C(=O)N1CCC2(CC1)CC(=O)NCC2c1ccc(F)cc1)c1ccccc1. The molecule has 0 bridgehead atoms. The van der Waals surface area contributed by atoms with Crippen LogP contribution in [-0.4, -0.2) is 41.5 Å². The largest absolute Gasteiger partial charge is 0.375 e. The number of aliphatic hydroxyl groups is 1. The van der Waals surface area contributed by atoms with Crippen LogP contribution in [0.15, 0.2) is 54.6 Å². The molecule has 5 nitrogen and oxygen atoms in total. The van der Waals surface area contributed by atoms with Gasteiger partial charge in [0, 0.05) is 32.0 Å². The van der Waals surface area contributed by atoms with E-state index >= 15 is 0 Å². The minimum atomic E-state index is -1.59. The molecule has 2 aromatic rings. The Kier molecular flexibility index (Phi) is 6.08. The fourth-order valence-corrected chi connectivity index (χ4v) is 5.42. The summed E-state index contributed by atoms with van der Waals surface area (Å²) in [6.45, 7) is 5.18. The van der Waals surface area contributed by atoms with Crippen LogP contribution < -0.4 is 5.32 Å². The summed E-state index contributed by atoms with van der Waals surface area (Å²) in [5.41, 5.74) is -0.262. The number of halogens is 1. The predicted molar refractivity (Wildman–Crippen MR) is 120 cm³/mol. The van der Waals surface area contributed by atoms with Crippen LogP contribution in [-0.2, 0) is 15.2 Å². The molecule has 0 saturated carbocycles. The monoisotopic (exact) mass is 438 g/mol. The van der Waals surface area contributed by atoms with Crippen LogP contribution in [0.4, 0.5) is 4.39 Å². The van der Waals surface area contributed by atoms with E-state index in [9.17, 15) is 19.1 Å². The highest BCUT2D eigenvalue weighted by molar-refractivity contribution is 5.87. The van der Waals surface area contributed by atoms with Crippen molar-refractivity contribution < 1.29 is 19.1 Å². The van der Waals surface area contributed by atoms with E-state index in [1.54, 1.807) is 29.2 Å². The smallest absolute Gasteiger partial charge is 0.259 e. The number of hydrogen-bond donors (Lipinski definition) is 2. The highest BCUT2D eigenvalue weighted by Crippen LogP contribution is 2.49. The summed E-state index contributed by atoms with van der Waals surface area (Å²) in [6, 6.07) is 15.6. The molecule has 2 aromatic carbocycles. The second-order valence-corrected chi connectivity index (χ2v) is 9.53. The Hall–Kier alpha value is -2.73. The molecule has 4 rings (SSSR count). The van der Waals surface area contributed by atoms with Crippen molar-refractivity contribution in [2.75, 3.05) is 19.6 Å². The lowest BCUT2D eigenvalue weighted by Crippen LogP contribution is -2.56. The van der Waals surface area contributed by atoms with Crippen LogP contribution in [0.25, 0.3) is 0 Å². The predicted octanol–water partition coefficient (Wildman–Crippen LogP) is 3.58. The second-order valence-electron chi connectivity index (χ2n) is 9.53. The Morgan fingerprint density at radius 2 is 1.75 bits per heavy atom. The zero-order valence-corrected chi connectivity index (χ0v) is 18.7. The van der Waals surface area contributed by atoms with Gasteiger partial charge in [0.05, 0.1) is 0 Å². The lowest BCUT2D eigenvalue weighted by atomic mass is 9.62. The molecule has 32 heavy (non-hydrogen) atoms. The molecule has 170 valence electrons. The molecule has 2 fully saturated rings. The van der Waals surface area contributed by atoms with Crippen LogP contribution in [0, 0.1) is 17.2 Å². The summed E-state index contributed by atoms with van der Waals surface area (Å²) in [7, 11) is 0. The first-order valence-electron chi connectivity index (χ1n) is 11.4. The maximum Gasteiger partial charge on any atom is 0.259 e. The van der Waals surface area contributed by atoms with Gasteiger partial charge >= 0.3 is 0 Å². The normalized spacial score (nSPS) is 22.5. The van der Waals surface area contributed by atoms with E-state index in [1.807, 2.05) is 32.0 Å². The van der Waals surface area contributed by atoms with Gasteiger partial charge in [-0.2, -0.15) is 0 Å². The first-order chi connectivity index (χ1) is 15.3. The third kappa shape index (κ3) is 3.92. The van der Waals surface area contributed by atoms with Gasteiger partial charge in [-0.15, -0.1) is 0 Å². The molecule has 0 radical (unpaired) electrons. The van der Waals surface area contributed by atoms with Crippen molar-refractivity contribution in [1.29, 1.82) is 0 Å². The van der Waals surface area contributed by atoms with Crippen molar-refractivity contribution >= 4 is 11.8 Å². The summed E-state index contributed by atoms with van der Waals surface area (Å²) in [5.74, 6) is -0.771. The van der Waals surface area contributed by atoms with Gasteiger partial charge in [0.2, 0.25) is 5.91 Å². The fourth-order valence-electron chi connectivity index (χ4n) is 5.42. The van der Waals surface area contributed by atoms with Crippen LogP contribution in [0.3, 0.4) is 0 Å². The maximum atomic E-state index is 13.5. The van der Waals surface area contributed by atoms with Crippen LogP contribution in [0.1, 0.15) is 50.2 Å². The highest BCUT2D eigenvalue weighted by Gasteiger charge is 2.50. The molecule has 2 atom stereocenters. The highest BCUT2D eigenvalue weighted by atomic mass is 19.1. The minimum absolute atomic E-state index is 0.0195. The van der Waals surface area contributed by atoms with E-state index in [0.717, 1.165) is 5.56 Å². The average molecular weight is 439 g/mol. The first kappa shape index (κ1) is 22.5. The Labute approximate surface area is 188 Å². The van der Waals surface area contributed by atoms with Gasteiger partial charge < -0.3 is 15.3 Å². The Morgan fingerprint density at radius 1 is 1.12 bits per heavy atom. The number of hydrogen-bond acceptors (Lipinski definition) is 3. The van der Waals surface area contributed by atoms with Gasteiger partial charge in [-0.25, -0.2) is 4.39 Å². The third-order valence-corrected chi connectivity index (χ3v) is 7.45. The number of carbonyl (C=O) groups excluding carboxylic acids is 2. The van der Waals surface area contributed by atoms with Gasteiger partial charge in [-0.05, 0) is 47.4 Å². The fraction of sp³-hybridized carbons (Fsp3) is 0.462. The van der Waals surface area contributed by atoms with Gasteiger partial charge in [0.15, 0.2) is 5.60 Å². The molecule has 2 amide bonds. The number of benzene rings is 2. The number of piperidine rings is 2. The molecular weight excluding hydrogens is 407 g/mol. The topological polar surface area (TPSA) is 69.6 Å². The lowest BCUT2D eigenvalue weighted by Gasteiger charge is -2.50. The number of rotatable bonds is 4. The molecule has 2 unspecified atom stereocenters. The second kappa shape index (κ2) is 8.66. The number of amides is 2. The number of likely N-dealkylation sites (tertiary alicyclic amines) is 1. The molecule has 2 aliphatic heterocycles. The standard InChI is InChI=1S/C26H31FN2O3/c1-18(2)26(32,20-6-4-3-5-7-20)24(31)29-14-12-25(13-15-29)16-23(30)28-17-22(25)19-8-10-21(27)11-9-19/h3-11,18,22,32H,12-17H2,1-2H3,(H,28,30). The Bertz CT molecular complexity index is 968. The molecule has 1 spiro atoms. The van der Waals surface area contributed by atoms with E-state index in [-0.39, 0.29) is 34.9 Å². The summed E-state index contributed by atoms with van der Waals surface area (Å²) in [6.07, 6.45) is 1.72. The molecule has 0 aromatic heterocycles. The molecular formula is C26H31FN2O3. The molecule has 0 aliphatic carbocycles. The van der Waals surface area contributed by atoms with E-state index in [1.165, 1.54) is 12.1 Å². The van der Waals surface area contributed by atoms with E-state index in [2.05, 4.69) is 5.32 Å². The van der Waals surface area contributed by atoms with E-state index in [4.69, 9.17) is 0 Å². The summed E-state index contributed by atoms with van der Waals surface area (Å²) in [4.78, 5) is 27.6. The van der Waals surface area contributed by atoms with Crippen molar-refractivity contribution in [2.24, 2.45) is 11.3 Å². The zero-order chi connectivity index (χ0) is 22.9. The van der Waals surface area contributed by atoms with Crippen molar-refractivity contribution in [1.82, 2.24) is 10.2 Å². The van der Waals surface area contributed by atoms with Crippen LogP contribution >= 0.6 is 0 Å². The number of nitrogens with zero attached hydrogens (tertiary/aromatic N) is 1. The molecule has 2 N–H and O–H groups in total.